The van der Waals surface area contributed by atoms with Crippen molar-refractivity contribution in [2.45, 2.75) is 32.2 Å². The molecule has 0 heterocycles. The van der Waals surface area contributed by atoms with Crippen molar-refractivity contribution in [2.75, 3.05) is 0 Å². The molecular weight excluding hydrogens is 219 g/mol. The monoisotopic (exact) mass is 233 g/mol. The zero-order chi connectivity index (χ0) is 12.5. The summed E-state index contributed by atoms with van der Waals surface area (Å²) in [6.45, 7) is 3.12. The molecule has 0 amide bonds. The van der Waals surface area contributed by atoms with Gasteiger partial charge in [-0.25, -0.2) is 0 Å². The second-order valence-electron chi connectivity index (χ2n) is 3.87. The summed E-state index contributed by atoms with van der Waals surface area (Å²) < 4.78 is 37.1. The Morgan fingerprint density at radius 3 is 2.25 bits per heavy atom. The zero-order valence-corrected chi connectivity index (χ0v) is 9.05. The van der Waals surface area contributed by atoms with Crippen LogP contribution in [0.5, 0.6) is 0 Å². The van der Waals surface area contributed by atoms with Crippen LogP contribution in [0, 0.1) is 6.92 Å². The lowest BCUT2D eigenvalue weighted by Crippen LogP contribution is -2.25. The number of halogens is 3. The van der Waals surface area contributed by atoms with Crippen molar-refractivity contribution in [1.82, 2.24) is 0 Å². The van der Waals surface area contributed by atoms with Gasteiger partial charge in [-0.05, 0) is 37.1 Å². The van der Waals surface area contributed by atoms with Crippen LogP contribution < -0.4 is 5.73 Å². The lowest BCUT2D eigenvalue weighted by molar-refractivity contribution is -0.137. The van der Waals surface area contributed by atoms with E-state index in [4.69, 9.17) is 5.73 Å². The summed E-state index contributed by atoms with van der Waals surface area (Å²) in [6, 6.07) is 2.72. The molecule has 0 fully saturated rings. The van der Waals surface area contributed by atoms with Crippen molar-refractivity contribution in [1.29, 1.82) is 0 Å². The van der Waals surface area contributed by atoms with E-state index in [0.717, 1.165) is 12.1 Å². The average Bonchev–Trinajstić information content (AvgIpc) is 2.15. The van der Waals surface area contributed by atoms with Crippen LogP contribution in [0.4, 0.5) is 13.2 Å². The summed E-state index contributed by atoms with van der Waals surface area (Å²) in [7, 11) is 0. The van der Waals surface area contributed by atoms with Crippen molar-refractivity contribution in [3.05, 3.63) is 34.9 Å². The molecule has 1 rings (SSSR count). The lowest BCUT2D eigenvalue weighted by Gasteiger charge is -2.18. The van der Waals surface area contributed by atoms with Gasteiger partial charge in [0.1, 0.15) is 0 Å². The van der Waals surface area contributed by atoms with Gasteiger partial charge in [0.2, 0.25) is 0 Å². The molecule has 16 heavy (non-hydrogen) atoms. The second-order valence-corrected chi connectivity index (χ2v) is 3.87. The third kappa shape index (κ3) is 2.74. The molecule has 5 heteroatoms. The van der Waals surface area contributed by atoms with Crippen LogP contribution >= 0.6 is 0 Å². The predicted octanol–water partition coefficient (Wildman–Crippen LogP) is 2.39. The van der Waals surface area contributed by atoms with Gasteiger partial charge in [0.05, 0.1) is 11.7 Å². The van der Waals surface area contributed by atoms with E-state index in [2.05, 4.69) is 0 Å². The van der Waals surface area contributed by atoms with Crippen LogP contribution in [0.15, 0.2) is 18.2 Å². The third-order valence-electron chi connectivity index (χ3n) is 2.41. The Balaban J connectivity index is 3.10. The van der Waals surface area contributed by atoms with Gasteiger partial charge in [-0.3, -0.25) is 0 Å². The first-order valence-electron chi connectivity index (χ1n) is 4.85. The molecule has 0 bridgehead atoms. The molecule has 0 spiro atoms. The highest BCUT2D eigenvalue weighted by Gasteiger charge is 2.31. The molecule has 0 saturated carbocycles. The number of rotatable bonds is 2. The maximum absolute atomic E-state index is 12.4. The topological polar surface area (TPSA) is 46.2 Å². The van der Waals surface area contributed by atoms with Gasteiger partial charge in [0.15, 0.2) is 0 Å². The first kappa shape index (κ1) is 13.0. The van der Waals surface area contributed by atoms with Gasteiger partial charge >= 0.3 is 6.18 Å². The fraction of sp³-hybridized carbons (Fsp3) is 0.455. The van der Waals surface area contributed by atoms with Gasteiger partial charge in [0, 0.05) is 6.04 Å². The van der Waals surface area contributed by atoms with Gasteiger partial charge in [-0.2, -0.15) is 13.2 Å². The molecule has 0 aliphatic heterocycles. The van der Waals surface area contributed by atoms with E-state index < -0.39 is 23.9 Å². The Labute approximate surface area is 91.9 Å². The molecule has 0 aliphatic carbocycles. The molecule has 0 radical (unpaired) electrons. The van der Waals surface area contributed by atoms with E-state index in [1.165, 1.54) is 13.0 Å². The molecule has 3 N–H and O–H groups in total. The van der Waals surface area contributed by atoms with Crippen LogP contribution in [0.1, 0.15) is 29.7 Å². The van der Waals surface area contributed by atoms with Gasteiger partial charge < -0.3 is 10.8 Å². The van der Waals surface area contributed by atoms with Crippen LogP contribution in [-0.2, 0) is 6.18 Å². The van der Waals surface area contributed by atoms with E-state index >= 15 is 0 Å². The van der Waals surface area contributed by atoms with Crippen LogP contribution in [0.3, 0.4) is 0 Å². The molecule has 90 valence electrons. The van der Waals surface area contributed by atoms with Gasteiger partial charge in [-0.1, -0.05) is 6.07 Å². The standard InChI is InChI=1S/C11H14F3NO/c1-6-5-8(11(12,13)14)3-4-9(6)10(16)7(2)15/h3-5,7,10,16H,15H2,1-2H3/t7-,10-/m0/s1. The van der Waals surface area contributed by atoms with Crippen molar-refractivity contribution >= 4 is 0 Å². The highest BCUT2D eigenvalue weighted by molar-refractivity contribution is 5.34. The van der Waals surface area contributed by atoms with Crippen molar-refractivity contribution in [3.8, 4) is 0 Å². The smallest absolute Gasteiger partial charge is 0.387 e. The number of hydrogen-bond acceptors (Lipinski definition) is 2. The first-order chi connectivity index (χ1) is 7.23. The Morgan fingerprint density at radius 2 is 1.88 bits per heavy atom. The number of benzene rings is 1. The first-order valence-corrected chi connectivity index (χ1v) is 4.85. The minimum absolute atomic E-state index is 0.389. The summed E-state index contributed by atoms with van der Waals surface area (Å²) in [6.07, 6.45) is -5.30. The Kier molecular flexibility index (Phi) is 3.60. The van der Waals surface area contributed by atoms with Gasteiger partial charge in [-0.15, -0.1) is 0 Å². The minimum Gasteiger partial charge on any atom is -0.387 e. The van der Waals surface area contributed by atoms with E-state index in [1.54, 1.807) is 6.92 Å². The fourth-order valence-corrected chi connectivity index (χ4v) is 1.47. The largest absolute Gasteiger partial charge is 0.416 e. The molecule has 0 aromatic heterocycles. The molecule has 1 aromatic carbocycles. The molecule has 0 unspecified atom stereocenters. The maximum Gasteiger partial charge on any atom is 0.416 e. The SMILES string of the molecule is Cc1cc(C(F)(F)F)ccc1[C@@H](O)[C@H](C)N. The molecule has 0 aliphatic rings. The summed E-state index contributed by atoms with van der Waals surface area (Å²) in [5.74, 6) is 0. The molecule has 2 nitrogen and oxygen atoms in total. The quantitative estimate of drug-likeness (QED) is 0.823. The third-order valence-corrected chi connectivity index (χ3v) is 2.41. The number of aryl methyl sites for hydroxylation is 1. The van der Waals surface area contributed by atoms with Crippen LogP contribution in [0.2, 0.25) is 0 Å². The predicted molar refractivity (Wildman–Crippen MR) is 54.8 cm³/mol. The summed E-state index contributed by atoms with van der Waals surface area (Å²) >= 11 is 0. The summed E-state index contributed by atoms with van der Waals surface area (Å²) in [5.41, 5.74) is 5.59. The highest BCUT2D eigenvalue weighted by Crippen LogP contribution is 2.31. The fourth-order valence-electron chi connectivity index (χ4n) is 1.47. The number of hydrogen-bond donors (Lipinski definition) is 2. The van der Waals surface area contributed by atoms with Crippen molar-refractivity contribution in [2.24, 2.45) is 5.73 Å². The Bertz CT molecular complexity index is 374. The summed E-state index contributed by atoms with van der Waals surface area (Å²) in [4.78, 5) is 0. The molecule has 1 aromatic rings. The normalized spacial score (nSPS) is 15.9. The molecule has 2 atom stereocenters. The van der Waals surface area contributed by atoms with Crippen molar-refractivity contribution < 1.29 is 18.3 Å². The lowest BCUT2D eigenvalue weighted by atomic mass is 9.97. The Hall–Kier alpha value is -1.07. The van der Waals surface area contributed by atoms with Crippen LogP contribution in [-0.4, -0.2) is 11.1 Å². The number of aliphatic hydroxyl groups is 1. The van der Waals surface area contributed by atoms with Crippen molar-refractivity contribution in [3.63, 3.8) is 0 Å². The molecular formula is C11H14F3NO. The Morgan fingerprint density at radius 1 is 1.31 bits per heavy atom. The maximum atomic E-state index is 12.4. The average molecular weight is 233 g/mol. The van der Waals surface area contributed by atoms with E-state index in [9.17, 15) is 18.3 Å². The van der Waals surface area contributed by atoms with E-state index in [-0.39, 0.29) is 0 Å². The number of nitrogens with two attached hydrogens (primary N) is 1. The van der Waals surface area contributed by atoms with Gasteiger partial charge in [0.25, 0.3) is 0 Å². The molecule has 0 saturated heterocycles. The number of alkyl halides is 3. The van der Waals surface area contributed by atoms with E-state index in [1.807, 2.05) is 0 Å². The minimum atomic E-state index is -4.36. The second kappa shape index (κ2) is 4.43. The summed E-state index contributed by atoms with van der Waals surface area (Å²) in [5, 5.41) is 9.67. The zero-order valence-electron chi connectivity index (χ0n) is 9.05. The highest BCUT2D eigenvalue weighted by atomic mass is 19.4. The van der Waals surface area contributed by atoms with E-state index in [0.29, 0.717) is 11.1 Å². The van der Waals surface area contributed by atoms with Crippen LogP contribution in [0.25, 0.3) is 0 Å². The number of aliphatic hydroxyl groups excluding tert-OH is 1.